The number of aliphatic carboxylic acids is 1. The Balaban J connectivity index is 2.73. The van der Waals surface area contributed by atoms with E-state index in [9.17, 15) is 19.5 Å². The van der Waals surface area contributed by atoms with Crippen LogP contribution in [-0.2, 0) is 14.4 Å². The SMILES string of the molecule is CCCCNC(=O)C(=O)N/N=C\c1cc(Cl)c(OCC(=O)[O-])c(OC)c1. The van der Waals surface area contributed by atoms with Crippen molar-refractivity contribution in [2.45, 2.75) is 19.8 Å². The maximum atomic E-state index is 11.6. The molecule has 0 spiro atoms. The van der Waals surface area contributed by atoms with Gasteiger partial charge in [-0.3, -0.25) is 9.59 Å². The molecule has 0 fully saturated rings. The first-order chi connectivity index (χ1) is 12.4. The van der Waals surface area contributed by atoms with Gasteiger partial charge in [0.2, 0.25) is 0 Å². The van der Waals surface area contributed by atoms with Crippen molar-refractivity contribution in [3.8, 4) is 11.5 Å². The first-order valence-corrected chi connectivity index (χ1v) is 8.08. The van der Waals surface area contributed by atoms with E-state index in [2.05, 4.69) is 15.8 Å². The molecule has 0 atom stereocenters. The predicted molar refractivity (Wildman–Crippen MR) is 92.2 cm³/mol. The molecule has 9 nitrogen and oxygen atoms in total. The molecule has 0 aliphatic rings. The third-order valence-corrected chi connectivity index (χ3v) is 3.27. The van der Waals surface area contributed by atoms with Crippen LogP contribution in [-0.4, -0.2) is 44.3 Å². The third kappa shape index (κ3) is 6.98. The number of carbonyl (C=O) groups excluding carboxylic acids is 3. The van der Waals surface area contributed by atoms with Crippen molar-refractivity contribution < 1.29 is 29.0 Å². The second kappa shape index (κ2) is 10.9. The molecular weight excluding hydrogens is 366 g/mol. The normalized spacial score (nSPS) is 10.4. The predicted octanol–water partition coefficient (Wildman–Crippen LogP) is -0.156. The summed E-state index contributed by atoms with van der Waals surface area (Å²) < 4.78 is 10.1. The molecule has 1 rings (SSSR count). The minimum absolute atomic E-state index is 0.0369. The maximum absolute atomic E-state index is 11.6. The van der Waals surface area contributed by atoms with Gasteiger partial charge in [0.15, 0.2) is 11.5 Å². The molecule has 0 aliphatic heterocycles. The molecule has 1 aromatic rings. The van der Waals surface area contributed by atoms with Crippen molar-refractivity contribution in [3.05, 3.63) is 22.7 Å². The molecule has 0 saturated heterocycles. The van der Waals surface area contributed by atoms with Crippen molar-refractivity contribution in [1.29, 1.82) is 0 Å². The average Bonchev–Trinajstić information content (AvgIpc) is 2.60. The van der Waals surface area contributed by atoms with Crippen LogP contribution in [0.3, 0.4) is 0 Å². The lowest BCUT2D eigenvalue weighted by atomic mass is 10.2. The topological polar surface area (TPSA) is 129 Å². The number of halogens is 1. The van der Waals surface area contributed by atoms with Gasteiger partial charge in [-0.2, -0.15) is 5.10 Å². The Hall–Kier alpha value is -2.81. The van der Waals surface area contributed by atoms with E-state index in [1.807, 2.05) is 6.92 Å². The van der Waals surface area contributed by atoms with Crippen LogP contribution in [0.5, 0.6) is 11.5 Å². The van der Waals surface area contributed by atoms with Crippen LogP contribution >= 0.6 is 11.6 Å². The van der Waals surface area contributed by atoms with Crippen LogP contribution in [0, 0.1) is 0 Å². The first kappa shape index (κ1) is 21.2. The Morgan fingerprint density at radius 1 is 1.31 bits per heavy atom. The monoisotopic (exact) mass is 384 g/mol. The van der Waals surface area contributed by atoms with E-state index in [0.717, 1.165) is 12.8 Å². The number of hydrogen-bond acceptors (Lipinski definition) is 7. The van der Waals surface area contributed by atoms with E-state index in [1.165, 1.54) is 25.5 Å². The number of unbranched alkanes of at least 4 members (excludes halogenated alkanes) is 1. The number of carboxylic acid groups (broad SMARTS) is 1. The van der Waals surface area contributed by atoms with E-state index in [0.29, 0.717) is 12.1 Å². The number of carbonyl (C=O) groups is 3. The number of rotatable bonds is 9. The van der Waals surface area contributed by atoms with E-state index >= 15 is 0 Å². The van der Waals surface area contributed by atoms with Crippen LogP contribution in [0.2, 0.25) is 5.02 Å². The summed E-state index contributed by atoms with van der Waals surface area (Å²) in [6, 6.07) is 2.89. The summed E-state index contributed by atoms with van der Waals surface area (Å²) in [5.74, 6) is -2.88. The minimum atomic E-state index is -1.41. The van der Waals surface area contributed by atoms with E-state index < -0.39 is 24.4 Å². The lowest BCUT2D eigenvalue weighted by Crippen LogP contribution is -2.38. The van der Waals surface area contributed by atoms with Crippen LogP contribution in [0.25, 0.3) is 0 Å². The van der Waals surface area contributed by atoms with Gasteiger partial charge in [0.1, 0.15) is 6.61 Å². The number of amides is 2. The third-order valence-electron chi connectivity index (χ3n) is 2.99. The number of ether oxygens (including phenoxy) is 2. The van der Waals surface area contributed by atoms with Gasteiger partial charge in [-0.1, -0.05) is 24.9 Å². The Morgan fingerprint density at radius 2 is 2.04 bits per heavy atom. The van der Waals surface area contributed by atoms with Gasteiger partial charge >= 0.3 is 11.8 Å². The summed E-state index contributed by atoms with van der Waals surface area (Å²) in [5.41, 5.74) is 2.52. The number of hydrogen-bond donors (Lipinski definition) is 2. The number of hydrazone groups is 1. The van der Waals surface area contributed by atoms with Gasteiger partial charge in [-0.25, -0.2) is 5.43 Å². The fourth-order valence-electron chi connectivity index (χ4n) is 1.76. The zero-order valence-corrected chi connectivity index (χ0v) is 15.1. The summed E-state index contributed by atoms with van der Waals surface area (Å²) >= 11 is 6.03. The summed E-state index contributed by atoms with van der Waals surface area (Å²) in [4.78, 5) is 33.5. The molecule has 0 unspecified atom stereocenters. The van der Waals surface area contributed by atoms with Crippen molar-refractivity contribution in [2.24, 2.45) is 5.10 Å². The van der Waals surface area contributed by atoms with Crippen LogP contribution in [0.4, 0.5) is 0 Å². The molecule has 0 bridgehead atoms. The standard InChI is InChI=1S/C16H20ClN3O6/c1-3-4-5-18-15(23)16(24)20-19-8-10-6-11(17)14(12(7-10)25-2)26-9-13(21)22/h6-8H,3-5,9H2,1-2H3,(H,18,23)(H,20,24)(H,21,22)/p-1/b19-8-. The lowest BCUT2D eigenvalue weighted by Gasteiger charge is -2.13. The van der Waals surface area contributed by atoms with Gasteiger partial charge in [0.05, 0.1) is 24.3 Å². The van der Waals surface area contributed by atoms with Crippen LogP contribution < -0.4 is 25.3 Å². The summed E-state index contributed by atoms with van der Waals surface area (Å²) in [6.45, 7) is 1.68. The fourth-order valence-corrected chi connectivity index (χ4v) is 2.03. The Bertz CT molecular complexity index is 693. The van der Waals surface area contributed by atoms with Crippen molar-refractivity contribution in [1.82, 2.24) is 10.7 Å². The first-order valence-electron chi connectivity index (χ1n) is 7.70. The molecule has 1 aromatic carbocycles. The van der Waals surface area contributed by atoms with Crippen LogP contribution in [0.1, 0.15) is 25.3 Å². The van der Waals surface area contributed by atoms with E-state index in [4.69, 9.17) is 21.1 Å². The average molecular weight is 385 g/mol. The van der Waals surface area contributed by atoms with E-state index in [1.54, 1.807) is 0 Å². The molecule has 2 N–H and O–H groups in total. The summed E-state index contributed by atoms with van der Waals surface area (Å²) in [6.07, 6.45) is 2.91. The molecule has 0 heterocycles. The van der Waals surface area contributed by atoms with E-state index in [-0.39, 0.29) is 16.5 Å². The molecule has 0 saturated carbocycles. The van der Waals surface area contributed by atoms with Gasteiger partial charge in [-0.15, -0.1) is 0 Å². The molecule has 2 amide bonds. The highest BCUT2D eigenvalue weighted by atomic mass is 35.5. The number of methoxy groups -OCH3 is 1. The molecule has 142 valence electrons. The highest BCUT2D eigenvalue weighted by molar-refractivity contribution is 6.35. The largest absolute Gasteiger partial charge is 0.546 e. The second-order valence-electron chi connectivity index (χ2n) is 5.00. The highest BCUT2D eigenvalue weighted by Crippen LogP contribution is 2.35. The Labute approximate surface area is 155 Å². The summed E-state index contributed by atoms with van der Waals surface area (Å²) in [7, 11) is 1.35. The number of nitrogens with one attached hydrogen (secondary N) is 2. The van der Waals surface area contributed by atoms with Gasteiger partial charge in [0.25, 0.3) is 0 Å². The zero-order valence-electron chi connectivity index (χ0n) is 14.3. The Morgan fingerprint density at radius 3 is 2.65 bits per heavy atom. The van der Waals surface area contributed by atoms with Gasteiger partial charge < -0.3 is 24.7 Å². The number of benzene rings is 1. The van der Waals surface area contributed by atoms with Crippen molar-refractivity contribution >= 4 is 35.6 Å². The summed E-state index contributed by atoms with van der Waals surface area (Å²) in [5, 5.41) is 16.7. The lowest BCUT2D eigenvalue weighted by molar-refractivity contribution is -0.307. The number of carboxylic acids is 1. The Kier molecular flexibility index (Phi) is 8.93. The molecule has 0 aromatic heterocycles. The molecule has 0 radical (unpaired) electrons. The smallest absolute Gasteiger partial charge is 0.329 e. The molecule has 26 heavy (non-hydrogen) atoms. The second-order valence-corrected chi connectivity index (χ2v) is 5.41. The van der Waals surface area contributed by atoms with Crippen molar-refractivity contribution in [3.63, 3.8) is 0 Å². The number of nitrogens with zero attached hydrogens (tertiary/aromatic N) is 1. The van der Waals surface area contributed by atoms with Crippen molar-refractivity contribution in [2.75, 3.05) is 20.3 Å². The molecule has 10 heteroatoms. The quantitative estimate of drug-likeness (QED) is 0.263. The van der Waals surface area contributed by atoms with Crippen LogP contribution in [0.15, 0.2) is 17.2 Å². The fraction of sp³-hybridized carbons (Fsp3) is 0.375. The highest BCUT2D eigenvalue weighted by Gasteiger charge is 2.13. The van der Waals surface area contributed by atoms with Gasteiger partial charge in [-0.05, 0) is 24.1 Å². The van der Waals surface area contributed by atoms with Gasteiger partial charge in [0, 0.05) is 6.54 Å². The minimum Gasteiger partial charge on any atom is -0.546 e. The molecule has 0 aliphatic carbocycles. The zero-order chi connectivity index (χ0) is 19.5. The molecular formula is C16H19ClN3O6-. The maximum Gasteiger partial charge on any atom is 0.329 e.